The second kappa shape index (κ2) is 7.46. The number of amides is 2. The molecule has 0 fully saturated rings. The predicted octanol–water partition coefficient (Wildman–Crippen LogP) is 4.89. The highest BCUT2D eigenvalue weighted by atomic mass is 35.5. The van der Waals surface area contributed by atoms with Gasteiger partial charge >= 0.3 is 0 Å². The zero-order chi connectivity index (χ0) is 18.8. The third-order valence-corrected chi connectivity index (χ3v) is 4.38. The average Bonchev–Trinajstić information content (AvgIpc) is 2.53. The number of benzene rings is 2. The number of hydrogen-bond donors (Lipinski definition) is 1. The Morgan fingerprint density at radius 2 is 1.64 bits per heavy atom. The van der Waals surface area contributed by atoms with Crippen LogP contribution in [0.1, 0.15) is 47.1 Å². The van der Waals surface area contributed by atoms with E-state index in [1.807, 2.05) is 39.8 Å². The van der Waals surface area contributed by atoms with E-state index in [1.165, 1.54) is 11.1 Å². The summed E-state index contributed by atoms with van der Waals surface area (Å²) in [5, 5.41) is 1.96. The van der Waals surface area contributed by atoms with Crippen LogP contribution in [0.2, 0.25) is 10.0 Å². The number of halogens is 2. The number of hydrazine groups is 1. The predicted molar refractivity (Wildman–Crippen MR) is 101 cm³/mol. The second-order valence-electron chi connectivity index (χ2n) is 6.70. The summed E-state index contributed by atoms with van der Waals surface area (Å²) in [6.07, 6.45) is 0. The minimum absolute atomic E-state index is 0.284. The van der Waals surface area contributed by atoms with Crippen molar-refractivity contribution in [2.75, 3.05) is 0 Å². The van der Waals surface area contributed by atoms with E-state index in [0.29, 0.717) is 16.1 Å². The lowest BCUT2D eigenvalue weighted by Crippen LogP contribution is -2.56. The maximum atomic E-state index is 12.9. The van der Waals surface area contributed by atoms with Crippen LogP contribution in [0.4, 0.5) is 0 Å². The van der Waals surface area contributed by atoms with Crippen molar-refractivity contribution >= 4 is 35.0 Å². The van der Waals surface area contributed by atoms with E-state index in [-0.39, 0.29) is 16.8 Å². The Morgan fingerprint density at radius 3 is 2.20 bits per heavy atom. The molecule has 2 rings (SSSR count). The zero-order valence-electron chi connectivity index (χ0n) is 14.6. The van der Waals surface area contributed by atoms with Crippen LogP contribution in [-0.2, 0) is 0 Å². The van der Waals surface area contributed by atoms with Gasteiger partial charge in [-0.2, -0.15) is 0 Å². The summed E-state index contributed by atoms with van der Waals surface area (Å²) in [6.45, 7) is 7.35. The van der Waals surface area contributed by atoms with E-state index in [0.717, 1.165) is 5.56 Å². The first-order chi connectivity index (χ1) is 11.6. The summed E-state index contributed by atoms with van der Waals surface area (Å²) in [6, 6.07) is 11.8. The molecule has 25 heavy (non-hydrogen) atoms. The molecule has 0 aliphatic heterocycles. The van der Waals surface area contributed by atoms with Crippen molar-refractivity contribution in [3.63, 3.8) is 0 Å². The third-order valence-electron chi connectivity index (χ3n) is 3.64. The molecule has 0 bridgehead atoms. The Morgan fingerprint density at radius 1 is 1.00 bits per heavy atom. The molecule has 0 aromatic heterocycles. The highest BCUT2D eigenvalue weighted by Gasteiger charge is 2.30. The fourth-order valence-corrected chi connectivity index (χ4v) is 2.57. The fraction of sp³-hybridized carbons (Fsp3) is 0.263. The van der Waals surface area contributed by atoms with Crippen LogP contribution in [0, 0.1) is 6.92 Å². The molecule has 0 unspecified atom stereocenters. The topological polar surface area (TPSA) is 49.4 Å². The first-order valence-corrected chi connectivity index (χ1v) is 8.53. The van der Waals surface area contributed by atoms with Gasteiger partial charge in [0.25, 0.3) is 11.8 Å². The number of nitrogens with one attached hydrogen (secondary N) is 1. The summed E-state index contributed by atoms with van der Waals surface area (Å²) in [5.41, 5.74) is 3.76. The lowest BCUT2D eigenvalue weighted by Gasteiger charge is -2.35. The summed E-state index contributed by atoms with van der Waals surface area (Å²) in [5.74, 6) is -0.713. The van der Waals surface area contributed by atoms with Gasteiger partial charge in [-0.15, -0.1) is 0 Å². The van der Waals surface area contributed by atoms with E-state index in [2.05, 4.69) is 5.43 Å². The number of hydrogen-bond acceptors (Lipinski definition) is 2. The molecule has 2 amide bonds. The minimum Gasteiger partial charge on any atom is -0.267 e. The summed E-state index contributed by atoms with van der Waals surface area (Å²) in [7, 11) is 0. The van der Waals surface area contributed by atoms with Crippen LogP contribution in [0.3, 0.4) is 0 Å². The van der Waals surface area contributed by atoms with Crippen molar-refractivity contribution in [1.82, 2.24) is 10.4 Å². The van der Waals surface area contributed by atoms with Gasteiger partial charge in [0.2, 0.25) is 0 Å². The molecule has 0 saturated carbocycles. The molecule has 0 atom stereocenters. The molecule has 0 heterocycles. The number of rotatable bonds is 2. The first kappa shape index (κ1) is 19.3. The lowest BCUT2D eigenvalue weighted by molar-refractivity contribution is 0.0358. The van der Waals surface area contributed by atoms with Crippen LogP contribution in [-0.4, -0.2) is 22.4 Å². The molecule has 0 aliphatic carbocycles. The quantitative estimate of drug-likeness (QED) is 0.756. The summed E-state index contributed by atoms with van der Waals surface area (Å²) < 4.78 is 0. The van der Waals surface area contributed by atoms with E-state index in [9.17, 15) is 9.59 Å². The highest BCUT2D eigenvalue weighted by Crippen LogP contribution is 2.24. The maximum absolute atomic E-state index is 12.9. The van der Waals surface area contributed by atoms with Crippen LogP contribution >= 0.6 is 23.2 Å². The Kier molecular flexibility index (Phi) is 5.76. The van der Waals surface area contributed by atoms with Crippen molar-refractivity contribution in [2.45, 2.75) is 33.2 Å². The average molecular weight is 379 g/mol. The fourth-order valence-electron chi connectivity index (χ4n) is 2.27. The number of carbonyl (C=O) groups excluding carboxylic acids is 2. The highest BCUT2D eigenvalue weighted by molar-refractivity contribution is 6.42. The Labute approximate surface area is 157 Å². The lowest BCUT2D eigenvalue weighted by atomic mass is 10.1. The molecule has 132 valence electrons. The van der Waals surface area contributed by atoms with Crippen LogP contribution in [0.25, 0.3) is 0 Å². The normalized spacial score (nSPS) is 11.1. The number of aryl methyl sites for hydroxylation is 1. The van der Waals surface area contributed by atoms with Crippen molar-refractivity contribution in [2.24, 2.45) is 0 Å². The summed E-state index contributed by atoms with van der Waals surface area (Å²) in [4.78, 5) is 25.5. The van der Waals surface area contributed by atoms with Crippen molar-refractivity contribution in [3.8, 4) is 0 Å². The third kappa shape index (κ3) is 4.53. The van der Waals surface area contributed by atoms with Gasteiger partial charge in [0.05, 0.1) is 15.6 Å². The second-order valence-corrected chi connectivity index (χ2v) is 7.51. The van der Waals surface area contributed by atoms with Gasteiger partial charge in [-0.25, -0.2) is 5.01 Å². The molecule has 0 saturated heterocycles. The number of nitrogens with zero attached hydrogens (tertiary/aromatic N) is 1. The molecule has 0 radical (unpaired) electrons. The van der Waals surface area contributed by atoms with Gasteiger partial charge in [0.15, 0.2) is 0 Å². The Hall–Kier alpha value is -2.04. The monoisotopic (exact) mass is 378 g/mol. The van der Waals surface area contributed by atoms with Gasteiger partial charge in [-0.1, -0.05) is 41.4 Å². The summed E-state index contributed by atoms with van der Waals surface area (Å²) >= 11 is 11.9. The SMILES string of the molecule is Cc1ccccc1C(=O)NN(C(=O)c1ccc(Cl)c(Cl)c1)C(C)(C)C. The molecule has 2 aromatic rings. The zero-order valence-corrected chi connectivity index (χ0v) is 16.1. The Bertz CT molecular complexity index is 813. The van der Waals surface area contributed by atoms with E-state index in [1.54, 1.807) is 24.3 Å². The van der Waals surface area contributed by atoms with E-state index >= 15 is 0 Å². The largest absolute Gasteiger partial charge is 0.272 e. The van der Waals surface area contributed by atoms with Gasteiger partial charge in [0.1, 0.15) is 0 Å². The molecule has 2 aromatic carbocycles. The van der Waals surface area contributed by atoms with Crippen molar-refractivity contribution in [1.29, 1.82) is 0 Å². The van der Waals surface area contributed by atoms with Gasteiger partial charge < -0.3 is 0 Å². The molecule has 4 nitrogen and oxygen atoms in total. The van der Waals surface area contributed by atoms with Gasteiger partial charge in [-0.05, 0) is 57.5 Å². The van der Waals surface area contributed by atoms with Crippen molar-refractivity contribution in [3.05, 3.63) is 69.2 Å². The molecular formula is C19H20Cl2N2O2. The molecule has 6 heteroatoms. The van der Waals surface area contributed by atoms with Crippen LogP contribution < -0.4 is 5.43 Å². The molecule has 1 N–H and O–H groups in total. The molecule has 0 spiro atoms. The number of carbonyl (C=O) groups is 2. The smallest absolute Gasteiger partial charge is 0.267 e. The van der Waals surface area contributed by atoms with Crippen LogP contribution in [0.5, 0.6) is 0 Å². The molecule has 0 aliphatic rings. The van der Waals surface area contributed by atoms with Crippen molar-refractivity contribution < 1.29 is 9.59 Å². The van der Waals surface area contributed by atoms with Gasteiger partial charge in [0, 0.05) is 11.1 Å². The Balaban J connectivity index is 2.33. The minimum atomic E-state index is -0.637. The van der Waals surface area contributed by atoms with Gasteiger partial charge in [-0.3, -0.25) is 15.0 Å². The molecular weight excluding hydrogens is 359 g/mol. The van der Waals surface area contributed by atoms with E-state index in [4.69, 9.17) is 23.2 Å². The van der Waals surface area contributed by atoms with Crippen LogP contribution in [0.15, 0.2) is 42.5 Å². The first-order valence-electron chi connectivity index (χ1n) is 7.77. The van der Waals surface area contributed by atoms with E-state index < -0.39 is 5.54 Å². The standard InChI is InChI=1S/C19H20Cl2N2O2/c1-12-7-5-6-8-14(12)17(24)22-23(19(2,3)4)18(25)13-9-10-15(20)16(21)11-13/h5-11H,1-4H3,(H,22,24). The maximum Gasteiger partial charge on any atom is 0.272 e.